The number of morpholine rings is 1. The molecule has 0 spiro atoms. The predicted octanol–water partition coefficient (Wildman–Crippen LogP) is 2.85. The molecule has 2 aliphatic heterocycles. The fourth-order valence-corrected chi connectivity index (χ4v) is 6.68. The van der Waals surface area contributed by atoms with Gasteiger partial charge in [0.25, 0.3) is 5.91 Å². The van der Waals surface area contributed by atoms with E-state index < -0.39 is 27.8 Å². The largest absolute Gasteiger partial charge is 0.435 e. The number of piperidine rings is 1. The summed E-state index contributed by atoms with van der Waals surface area (Å²) in [6, 6.07) is 6.35. The van der Waals surface area contributed by atoms with Gasteiger partial charge in [-0.05, 0) is 50.1 Å². The zero-order chi connectivity index (χ0) is 28.2. The molecule has 2 saturated heterocycles. The van der Waals surface area contributed by atoms with Crippen LogP contribution >= 0.6 is 0 Å². The van der Waals surface area contributed by atoms with Crippen LogP contribution in [-0.2, 0) is 28.0 Å². The summed E-state index contributed by atoms with van der Waals surface area (Å²) in [4.78, 5) is 17.2. The number of nitrogens with one attached hydrogen (secondary N) is 1. The number of alkyl halides is 3. The molecule has 39 heavy (non-hydrogen) atoms. The Balaban J connectivity index is 1.45. The minimum Gasteiger partial charge on any atom is -0.379 e. The Morgan fingerprint density at radius 1 is 1.15 bits per heavy atom. The summed E-state index contributed by atoms with van der Waals surface area (Å²) in [6.45, 7) is 7.94. The molecule has 1 aromatic heterocycles. The summed E-state index contributed by atoms with van der Waals surface area (Å²) >= 11 is 0. The number of sulfonamides is 1. The van der Waals surface area contributed by atoms with Crippen LogP contribution in [0.4, 0.5) is 18.9 Å². The lowest BCUT2D eigenvalue weighted by atomic mass is 10.1. The number of amides is 1. The van der Waals surface area contributed by atoms with Gasteiger partial charge < -0.3 is 10.1 Å². The summed E-state index contributed by atoms with van der Waals surface area (Å²) in [5.41, 5.74) is -1.18. The first kappa shape index (κ1) is 29.5. The summed E-state index contributed by atoms with van der Waals surface area (Å²) in [6.07, 6.45) is -2.46. The lowest BCUT2D eigenvalue weighted by molar-refractivity contribution is -0.141. The number of likely N-dealkylation sites (N-methyl/N-ethyl adjacent to an activating group) is 1. The molecule has 216 valence electrons. The van der Waals surface area contributed by atoms with Gasteiger partial charge in [-0.25, -0.2) is 8.42 Å². The van der Waals surface area contributed by atoms with Crippen molar-refractivity contribution in [2.75, 3.05) is 57.8 Å². The van der Waals surface area contributed by atoms with E-state index in [1.807, 2.05) is 6.92 Å². The molecule has 0 bridgehead atoms. The maximum absolute atomic E-state index is 13.7. The number of ether oxygens (including phenoxy) is 1. The molecule has 14 heteroatoms. The Morgan fingerprint density at radius 2 is 1.85 bits per heavy atom. The molecule has 4 rings (SSSR count). The standard InChI is InChI=1S/C25H35F3N6O4S/c1-3-33(13-12-32-14-16-38-17-15-32)23-6-4-5-11-34(23)39(36,37)20-9-7-19(8-10-20)29-24(35)21-18-22(25(26,27)28)30-31(21)2/h7-10,18,23H,3-6,11-17H2,1-2H3,(H,29,35). The molecule has 0 radical (unpaired) electrons. The number of halogens is 3. The number of hydrogen-bond donors (Lipinski definition) is 1. The highest BCUT2D eigenvalue weighted by Gasteiger charge is 2.37. The van der Waals surface area contributed by atoms with E-state index in [-0.39, 0.29) is 22.4 Å². The maximum Gasteiger partial charge on any atom is 0.435 e. The van der Waals surface area contributed by atoms with Crippen molar-refractivity contribution in [1.82, 2.24) is 23.9 Å². The number of carbonyl (C=O) groups is 1. The molecular formula is C25H35F3N6O4S. The van der Waals surface area contributed by atoms with E-state index in [0.29, 0.717) is 25.8 Å². The lowest BCUT2D eigenvalue weighted by Crippen LogP contribution is -2.54. The van der Waals surface area contributed by atoms with Gasteiger partial charge in [-0.2, -0.15) is 22.6 Å². The molecule has 3 heterocycles. The number of anilines is 1. The Labute approximate surface area is 226 Å². The van der Waals surface area contributed by atoms with E-state index in [2.05, 4.69) is 20.2 Å². The molecule has 10 nitrogen and oxygen atoms in total. The Bertz CT molecular complexity index is 1230. The van der Waals surface area contributed by atoms with Crippen molar-refractivity contribution in [2.45, 2.75) is 43.4 Å². The predicted molar refractivity (Wildman–Crippen MR) is 139 cm³/mol. The number of carbonyl (C=O) groups excluding carboxylic acids is 1. The molecule has 1 unspecified atom stereocenters. The van der Waals surface area contributed by atoms with Crippen LogP contribution in [0.1, 0.15) is 42.4 Å². The van der Waals surface area contributed by atoms with Gasteiger partial charge in [-0.3, -0.25) is 19.3 Å². The number of hydrogen-bond acceptors (Lipinski definition) is 7. The van der Waals surface area contributed by atoms with Gasteiger partial charge in [-0.15, -0.1) is 0 Å². The first-order valence-electron chi connectivity index (χ1n) is 13.1. The van der Waals surface area contributed by atoms with Gasteiger partial charge >= 0.3 is 6.18 Å². The third kappa shape index (κ3) is 6.98. The normalized spacial score (nSPS) is 19.9. The number of benzene rings is 1. The minimum absolute atomic E-state index is 0.0940. The summed E-state index contributed by atoms with van der Waals surface area (Å²) in [5.74, 6) is -0.786. The van der Waals surface area contributed by atoms with E-state index in [4.69, 9.17) is 4.74 Å². The molecular weight excluding hydrogens is 537 g/mol. The molecule has 1 aromatic carbocycles. The van der Waals surface area contributed by atoms with Gasteiger partial charge in [0.15, 0.2) is 5.69 Å². The van der Waals surface area contributed by atoms with Gasteiger partial charge in [0.1, 0.15) is 5.69 Å². The third-order valence-corrected chi connectivity index (χ3v) is 9.09. The third-order valence-electron chi connectivity index (χ3n) is 7.18. The van der Waals surface area contributed by atoms with E-state index in [0.717, 1.165) is 56.7 Å². The molecule has 0 saturated carbocycles. The van der Waals surface area contributed by atoms with Crippen LogP contribution in [0.5, 0.6) is 0 Å². The van der Waals surface area contributed by atoms with Gasteiger partial charge in [0.05, 0.1) is 24.3 Å². The average Bonchev–Trinajstić information content (AvgIpc) is 3.32. The summed E-state index contributed by atoms with van der Waals surface area (Å²) in [7, 11) is -2.57. The van der Waals surface area contributed by atoms with Crippen LogP contribution in [0.2, 0.25) is 0 Å². The highest BCUT2D eigenvalue weighted by molar-refractivity contribution is 7.89. The number of nitrogens with zero attached hydrogens (tertiary/aromatic N) is 5. The Morgan fingerprint density at radius 3 is 2.46 bits per heavy atom. The molecule has 2 aromatic rings. The molecule has 1 atom stereocenters. The van der Waals surface area contributed by atoms with E-state index in [9.17, 15) is 26.4 Å². The second kappa shape index (κ2) is 12.3. The minimum atomic E-state index is -4.67. The van der Waals surface area contributed by atoms with E-state index >= 15 is 0 Å². The summed E-state index contributed by atoms with van der Waals surface area (Å²) < 4.78 is 74.0. The topological polar surface area (TPSA) is 100 Å². The van der Waals surface area contributed by atoms with Crippen molar-refractivity contribution in [2.24, 2.45) is 7.05 Å². The maximum atomic E-state index is 13.7. The van der Waals surface area contributed by atoms with E-state index in [1.165, 1.54) is 31.3 Å². The second-order valence-corrected chi connectivity index (χ2v) is 11.6. The molecule has 0 aliphatic carbocycles. The van der Waals surface area contributed by atoms with E-state index in [1.54, 1.807) is 4.31 Å². The zero-order valence-corrected chi connectivity index (χ0v) is 23.0. The van der Waals surface area contributed by atoms with Crippen LogP contribution in [-0.4, -0.2) is 96.9 Å². The van der Waals surface area contributed by atoms with Crippen LogP contribution in [0.15, 0.2) is 35.2 Å². The highest BCUT2D eigenvalue weighted by atomic mass is 32.2. The highest BCUT2D eigenvalue weighted by Crippen LogP contribution is 2.30. The van der Waals surface area contributed by atoms with Crippen LogP contribution in [0.25, 0.3) is 0 Å². The Kier molecular flexibility index (Phi) is 9.32. The lowest BCUT2D eigenvalue weighted by Gasteiger charge is -2.42. The number of rotatable bonds is 9. The first-order valence-corrected chi connectivity index (χ1v) is 14.5. The average molecular weight is 573 g/mol. The first-order chi connectivity index (χ1) is 18.5. The van der Waals surface area contributed by atoms with Crippen molar-refractivity contribution >= 4 is 21.6 Å². The van der Waals surface area contributed by atoms with Gasteiger partial charge in [-0.1, -0.05) is 6.92 Å². The fraction of sp³-hybridized carbons (Fsp3) is 0.600. The quantitative estimate of drug-likeness (QED) is 0.493. The number of aryl methyl sites for hydroxylation is 1. The monoisotopic (exact) mass is 572 g/mol. The molecule has 2 aliphatic rings. The zero-order valence-electron chi connectivity index (χ0n) is 22.2. The fourth-order valence-electron chi connectivity index (χ4n) is 5.00. The van der Waals surface area contributed by atoms with Crippen molar-refractivity contribution in [1.29, 1.82) is 0 Å². The van der Waals surface area contributed by atoms with Crippen molar-refractivity contribution in [3.8, 4) is 0 Å². The van der Waals surface area contributed by atoms with Crippen LogP contribution in [0.3, 0.4) is 0 Å². The van der Waals surface area contributed by atoms with Gasteiger partial charge in [0.2, 0.25) is 10.0 Å². The smallest absolute Gasteiger partial charge is 0.379 e. The molecule has 1 N–H and O–H groups in total. The van der Waals surface area contributed by atoms with Crippen molar-refractivity contribution < 1.29 is 31.1 Å². The SMILES string of the molecule is CCN(CCN1CCOCC1)C1CCCCN1S(=O)(=O)c1ccc(NC(=O)c2cc(C(F)(F)F)nn2C)cc1. The van der Waals surface area contributed by atoms with Crippen molar-refractivity contribution in [3.63, 3.8) is 0 Å². The van der Waals surface area contributed by atoms with Crippen LogP contribution < -0.4 is 5.32 Å². The molecule has 2 fully saturated rings. The Hall–Kier alpha value is -2.52. The second-order valence-electron chi connectivity index (χ2n) is 9.69. The molecule has 1 amide bonds. The van der Waals surface area contributed by atoms with Crippen molar-refractivity contribution in [3.05, 3.63) is 41.7 Å². The van der Waals surface area contributed by atoms with Crippen LogP contribution in [0, 0.1) is 0 Å². The van der Waals surface area contributed by atoms with Gasteiger partial charge in [0, 0.05) is 51.5 Å². The number of aromatic nitrogens is 2. The summed E-state index contributed by atoms with van der Waals surface area (Å²) in [5, 5.41) is 5.85.